The second-order valence-corrected chi connectivity index (χ2v) is 7.83. The molecule has 0 unspecified atom stereocenters. The van der Waals surface area contributed by atoms with Crippen LogP contribution in [0.15, 0.2) is 29.3 Å². The van der Waals surface area contributed by atoms with Crippen molar-refractivity contribution in [2.45, 2.75) is 13.0 Å². The average molecular weight is 324 g/mol. The standard InChI is InChI=1S/C15H24N4O2S/c1-17(2)15(18(3)4)16-12-13-6-8-14(9-7-13)19-10-5-11-22(19,20)21/h6-9H,5,10-12H2,1-4H3. The number of guanidine groups is 1. The molecular formula is C15H24N4O2S. The SMILES string of the molecule is CN(C)C(=NCc1ccc(N2CCCS2(=O)=O)cc1)N(C)C. The maximum Gasteiger partial charge on any atom is 0.235 e. The van der Waals surface area contributed by atoms with Gasteiger partial charge in [0.15, 0.2) is 5.96 Å². The number of rotatable bonds is 3. The predicted molar refractivity (Wildman–Crippen MR) is 90.7 cm³/mol. The fourth-order valence-electron chi connectivity index (χ4n) is 2.54. The summed E-state index contributed by atoms with van der Waals surface area (Å²) in [5, 5.41) is 0. The fourth-order valence-corrected chi connectivity index (χ4v) is 4.11. The van der Waals surface area contributed by atoms with Crippen LogP contribution >= 0.6 is 0 Å². The predicted octanol–water partition coefficient (Wildman–Crippen LogP) is 1.21. The van der Waals surface area contributed by atoms with Gasteiger partial charge in [-0.05, 0) is 24.1 Å². The highest BCUT2D eigenvalue weighted by Crippen LogP contribution is 2.24. The summed E-state index contributed by atoms with van der Waals surface area (Å²) in [6.45, 7) is 1.14. The van der Waals surface area contributed by atoms with E-state index in [1.165, 1.54) is 4.31 Å². The van der Waals surface area contributed by atoms with E-state index in [2.05, 4.69) is 4.99 Å². The summed E-state index contributed by atoms with van der Waals surface area (Å²) >= 11 is 0. The van der Waals surface area contributed by atoms with E-state index in [1.54, 1.807) is 0 Å². The zero-order chi connectivity index (χ0) is 16.3. The van der Waals surface area contributed by atoms with E-state index < -0.39 is 10.0 Å². The molecule has 6 nitrogen and oxygen atoms in total. The van der Waals surface area contributed by atoms with Crippen LogP contribution in [0.25, 0.3) is 0 Å². The lowest BCUT2D eigenvalue weighted by molar-refractivity contribution is 0.479. The van der Waals surface area contributed by atoms with Gasteiger partial charge in [-0.2, -0.15) is 0 Å². The van der Waals surface area contributed by atoms with Crippen LogP contribution in [-0.2, 0) is 16.6 Å². The molecule has 0 bridgehead atoms. The summed E-state index contributed by atoms with van der Waals surface area (Å²) in [6, 6.07) is 7.60. The van der Waals surface area contributed by atoms with Gasteiger partial charge in [-0.1, -0.05) is 12.1 Å². The van der Waals surface area contributed by atoms with Crippen LogP contribution in [0.5, 0.6) is 0 Å². The van der Waals surface area contributed by atoms with Crippen LogP contribution in [0.4, 0.5) is 5.69 Å². The molecule has 0 radical (unpaired) electrons. The Morgan fingerprint density at radius 1 is 1.14 bits per heavy atom. The first-order valence-corrected chi connectivity index (χ1v) is 8.90. The van der Waals surface area contributed by atoms with Gasteiger partial charge in [-0.25, -0.2) is 13.4 Å². The molecule has 0 aromatic heterocycles. The Morgan fingerprint density at radius 2 is 1.73 bits per heavy atom. The lowest BCUT2D eigenvalue weighted by Gasteiger charge is -2.22. The van der Waals surface area contributed by atoms with Gasteiger partial charge in [0.1, 0.15) is 0 Å². The molecule has 1 aromatic rings. The van der Waals surface area contributed by atoms with E-state index in [0.717, 1.165) is 17.2 Å². The summed E-state index contributed by atoms with van der Waals surface area (Å²) in [5.74, 6) is 1.14. The molecule has 2 rings (SSSR count). The highest BCUT2D eigenvalue weighted by molar-refractivity contribution is 7.93. The summed E-state index contributed by atoms with van der Waals surface area (Å²) in [7, 11) is 4.73. The van der Waals surface area contributed by atoms with Crippen LogP contribution in [0, 0.1) is 0 Å². The van der Waals surface area contributed by atoms with Crippen LogP contribution in [0.3, 0.4) is 0 Å². The van der Waals surface area contributed by atoms with Gasteiger partial charge in [0.05, 0.1) is 18.0 Å². The Hall–Kier alpha value is -1.76. The van der Waals surface area contributed by atoms with Crippen LogP contribution in [0.2, 0.25) is 0 Å². The third kappa shape index (κ3) is 3.71. The van der Waals surface area contributed by atoms with Crippen molar-refractivity contribution in [3.63, 3.8) is 0 Å². The maximum absolute atomic E-state index is 11.9. The molecule has 0 aliphatic carbocycles. The Kier molecular flexibility index (Phi) is 4.95. The van der Waals surface area contributed by atoms with Gasteiger partial charge in [0.2, 0.25) is 10.0 Å². The molecule has 1 heterocycles. The summed E-state index contributed by atoms with van der Waals surface area (Å²) in [4.78, 5) is 8.51. The number of hydrogen-bond acceptors (Lipinski definition) is 3. The number of benzene rings is 1. The van der Waals surface area contributed by atoms with E-state index >= 15 is 0 Å². The molecule has 1 fully saturated rings. The molecule has 0 N–H and O–H groups in total. The van der Waals surface area contributed by atoms with Gasteiger partial charge < -0.3 is 9.80 Å². The van der Waals surface area contributed by atoms with Crippen LogP contribution in [0.1, 0.15) is 12.0 Å². The molecule has 22 heavy (non-hydrogen) atoms. The van der Waals surface area contributed by atoms with Gasteiger partial charge in [0.25, 0.3) is 0 Å². The van der Waals surface area contributed by atoms with E-state index in [4.69, 9.17) is 0 Å². The molecule has 1 aliphatic heterocycles. The Bertz CT molecular complexity index is 626. The van der Waals surface area contributed by atoms with Crippen molar-refractivity contribution in [2.24, 2.45) is 4.99 Å². The quantitative estimate of drug-likeness (QED) is 0.619. The minimum Gasteiger partial charge on any atom is -0.349 e. The van der Waals surface area contributed by atoms with E-state index in [-0.39, 0.29) is 5.75 Å². The van der Waals surface area contributed by atoms with E-state index in [9.17, 15) is 8.42 Å². The molecule has 122 valence electrons. The molecule has 1 aliphatic rings. The molecule has 0 saturated carbocycles. The molecule has 7 heteroatoms. The van der Waals surface area contributed by atoms with Crippen molar-refractivity contribution < 1.29 is 8.42 Å². The second-order valence-electron chi connectivity index (χ2n) is 5.81. The molecule has 1 aromatic carbocycles. The molecule has 0 amide bonds. The highest BCUT2D eigenvalue weighted by Gasteiger charge is 2.28. The topological polar surface area (TPSA) is 56.2 Å². The third-order valence-electron chi connectivity index (χ3n) is 3.53. The average Bonchev–Trinajstić information content (AvgIpc) is 2.78. The zero-order valence-electron chi connectivity index (χ0n) is 13.7. The van der Waals surface area contributed by atoms with Crippen molar-refractivity contribution in [2.75, 3.05) is 44.8 Å². The Labute approximate surface area is 133 Å². The minimum atomic E-state index is -3.11. The van der Waals surface area contributed by atoms with Crippen molar-refractivity contribution in [3.8, 4) is 0 Å². The fraction of sp³-hybridized carbons (Fsp3) is 0.533. The van der Waals surface area contributed by atoms with E-state index in [0.29, 0.717) is 19.5 Å². The Balaban J connectivity index is 2.11. The van der Waals surface area contributed by atoms with Crippen molar-refractivity contribution in [1.29, 1.82) is 0 Å². The summed E-state index contributed by atoms with van der Waals surface area (Å²) < 4.78 is 25.3. The molecule has 0 atom stereocenters. The summed E-state index contributed by atoms with van der Waals surface area (Å²) in [6.07, 6.45) is 0.698. The number of anilines is 1. The van der Waals surface area contributed by atoms with Gasteiger partial charge >= 0.3 is 0 Å². The van der Waals surface area contributed by atoms with Gasteiger partial charge in [-0.3, -0.25) is 4.31 Å². The lowest BCUT2D eigenvalue weighted by Crippen LogP contribution is -2.35. The monoisotopic (exact) mass is 324 g/mol. The van der Waals surface area contributed by atoms with Gasteiger partial charge in [0, 0.05) is 34.7 Å². The third-order valence-corrected chi connectivity index (χ3v) is 5.40. The number of aliphatic imine (C=N–C) groups is 1. The summed E-state index contributed by atoms with van der Waals surface area (Å²) in [5.41, 5.74) is 1.80. The normalized spacial score (nSPS) is 16.5. The van der Waals surface area contributed by atoms with Gasteiger partial charge in [-0.15, -0.1) is 0 Å². The zero-order valence-corrected chi connectivity index (χ0v) is 14.5. The highest BCUT2D eigenvalue weighted by atomic mass is 32.2. The van der Waals surface area contributed by atoms with Crippen molar-refractivity contribution in [3.05, 3.63) is 29.8 Å². The number of hydrogen-bond donors (Lipinski definition) is 0. The first-order valence-electron chi connectivity index (χ1n) is 7.30. The number of nitrogens with zero attached hydrogens (tertiary/aromatic N) is 4. The van der Waals surface area contributed by atoms with Crippen molar-refractivity contribution >= 4 is 21.7 Å². The van der Waals surface area contributed by atoms with Crippen LogP contribution < -0.4 is 4.31 Å². The molecule has 1 saturated heterocycles. The number of sulfonamides is 1. The lowest BCUT2D eigenvalue weighted by atomic mass is 10.2. The molecular weight excluding hydrogens is 300 g/mol. The largest absolute Gasteiger partial charge is 0.349 e. The minimum absolute atomic E-state index is 0.244. The second kappa shape index (κ2) is 6.56. The van der Waals surface area contributed by atoms with Crippen LogP contribution in [-0.4, -0.2) is 64.7 Å². The smallest absolute Gasteiger partial charge is 0.235 e. The first-order chi connectivity index (χ1) is 10.3. The Morgan fingerprint density at radius 3 is 2.18 bits per heavy atom. The van der Waals surface area contributed by atoms with E-state index in [1.807, 2.05) is 62.3 Å². The first kappa shape index (κ1) is 16.6. The molecule has 0 spiro atoms. The maximum atomic E-state index is 11.9. The van der Waals surface area contributed by atoms with Crippen molar-refractivity contribution in [1.82, 2.24) is 9.80 Å².